The van der Waals surface area contributed by atoms with Crippen LogP contribution in [0.25, 0.3) is 0 Å². The Labute approximate surface area is 211 Å². The van der Waals surface area contributed by atoms with E-state index in [1.165, 1.54) is 48.7 Å². The maximum Gasteiger partial charge on any atom is 0.340 e. The van der Waals surface area contributed by atoms with Crippen LogP contribution in [0, 0.1) is 0 Å². The average molecular weight is 527 g/mol. The number of esters is 1. The second-order valence-corrected chi connectivity index (χ2v) is 9.40. The number of carbonyl (C=O) groups is 3. The Hall–Kier alpha value is -4.22. The van der Waals surface area contributed by atoms with Crippen molar-refractivity contribution < 1.29 is 27.5 Å². The van der Waals surface area contributed by atoms with E-state index in [1.54, 1.807) is 31.2 Å². The highest BCUT2D eigenvalue weighted by molar-refractivity contribution is 7.92. The number of anilines is 3. The molecule has 0 fully saturated rings. The summed E-state index contributed by atoms with van der Waals surface area (Å²) < 4.78 is 32.6. The highest BCUT2D eigenvalue weighted by Crippen LogP contribution is 2.32. The molecule has 2 aromatic carbocycles. The third-order valence-corrected chi connectivity index (χ3v) is 6.73. The second-order valence-electron chi connectivity index (χ2n) is 7.34. The molecule has 2 heterocycles. The van der Waals surface area contributed by atoms with Crippen LogP contribution in [0.1, 0.15) is 17.3 Å². The van der Waals surface area contributed by atoms with Crippen molar-refractivity contribution in [1.29, 1.82) is 0 Å². The molecule has 0 spiro atoms. The molecule has 0 unspecified atom stereocenters. The van der Waals surface area contributed by atoms with Gasteiger partial charge in [0.05, 0.1) is 22.8 Å². The summed E-state index contributed by atoms with van der Waals surface area (Å²) in [5, 5.41) is 2.38. The third kappa shape index (κ3) is 4.92. The van der Waals surface area contributed by atoms with Crippen LogP contribution < -0.4 is 14.9 Å². The standard InChI is InChI=1S/C24H19ClN4O6S/c1-2-35-24(32)17-7-3-4-8-18(17)29-22(30)20(25)21(23(29)31)27-15-10-12-16(13-11-15)36(33,34)28-19-9-5-6-14-26-19/h3-14,27H,2H2,1H3,(H,26,28). The summed E-state index contributed by atoms with van der Waals surface area (Å²) in [7, 11) is -3.90. The van der Waals surface area contributed by atoms with Crippen molar-refractivity contribution in [2.45, 2.75) is 11.8 Å². The van der Waals surface area contributed by atoms with Gasteiger partial charge in [-0.3, -0.25) is 14.3 Å². The maximum absolute atomic E-state index is 13.1. The number of hydrogen-bond acceptors (Lipinski definition) is 8. The SMILES string of the molecule is CCOC(=O)c1ccccc1N1C(=O)C(Cl)=C(Nc2ccc(S(=O)(=O)Nc3ccccn3)cc2)C1=O. The molecular formula is C24H19ClN4O6S. The van der Waals surface area contributed by atoms with Gasteiger partial charge in [-0.2, -0.15) is 0 Å². The van der Waals surface area contributed by atoms with Gasteiger partial charge in [0.25, 0.3) is 21.8 Å². The molecule has 0 atom stereocenters. The minimum Gasteiger partial charge on any atom is -0.462 e. The molecule has 1 aliphatic rings. The van der Waals surface area contributed by atoms with Crippen molar-refractivity contribution >= 4 is 56.6 Å². The van der Waals surface area contributed by atoms with Crippen molar-refractivity contribution in [2.24, 2.45) is 0 Å². The van der Waals surface area contributed by atoms with Gasteiger partial charge in [0.1, 0.15) is 16.5 Å². The second kappa shape index (κ2) is 10.2. The summed E-state index contributed by atoms with van der Waals surface area (Å²) in [6, 6.07) is 16.3. The quantitative estimate of drug-likeness (QED) is 0.336. The molecule has 0 bridgehead atoms. The molecule has 1 aromatic heterocycles. The first-order valence-corrected chi connectivity index (χ1v) is 12.4. The molecule has 0 radical (unpaired) electrons. The van der Waals surface area contributed by atoms with E-state index in [0.717, 1.165) is 4.90 Å². The van der Waals surface area contributed by atoms with E-state index in [2.05, 4.69) is 15.0 Å². The number of hydrogen-bond donors (Lipinski definition) is 2. The number of rotatable bonds is 8. The molecule has 10 nitrogen and oxygen atoms in total. The van der Waals surface area contributed by atoms with Gasteiger partial charge in [-0.1, -0.05) is 29.8 Å². The van der Waals surface area contributed by atoms with E-state index in [1.807, 2.05) is 0 Å². The molecule has 1 aliphatic heterocycles. The fourth-order valence-corrected chi connectivity index (χ4v) is 4.58. The Balaban J connectivity index is 1.55. The van der Waals surface area contributed by atoms with Gasteiger partial charge in [0.15, 0.2) is 0 Å². The molecule has 2 N–H and O–H groups in total. The number of carbonyl (C=O) groups excluding carboxylic acids is 3. The molecular weight excluding hydrogens is 508 g/mol. The first kappa shape index (κ1) is 24.9. The van der Waals surface area contributed by atoms with Crippen molar-refractivity contribution in [3.63, 3.8) is 0 Å². The van der Waals surface area contributed by atoms with Gasteiger partial charge in [-0.15, -0.1) is 0 Å². The van der Waals surface area contributed by atoms with Gasteiger partial charge < -0.3 is 10.1 Å². The summed E-state index contributed by atoms with van der Waals surface area (Å²) in [6.07, 6.45) is 1.46. The zero-order chi connectivity index (χ0) is 25.9. The largest absolute Gasteiger partial charge is 0.462 e. The van der Waals surface area contributed by atoms with Gasteiger partial charge >= 0.3 is 5.97 Å². The van der Waals surface area contributed by atoms with Crippen LogP contribution in [0.3, 0.4) is 0 Å². The highest BCUT2D eigenvalue weighted by atomic mass is 35.5. The van der Waals surface area contributed by atoms with Crippen LogP contribution in [-0.2, 0) is 24.3 Å². The van der Waals surface area contributed by atoms with Crippen molar-refractivity contribution in [1.82, 2.24) is 4.98 Å². The van der Waals surface area contributed by atoms with Gasteiger partial charge in [-0.25, -0.2) is 23.1 Å². The normalized spacial score (nSPS) is 13.7. The van der Waals surface area contributed by atoms with Crippen LogP contribution in [0.4, 0.5) is 17.2 Å². The fourth-order valence-electron chi connectivity index (χ4n) is 3.36. The summed E-state index contributed by atoms with van der Waals surface area (Å²) in [5.74, 6) is -2.13. The van der Waals surface area contributed by atoms with Gasteiger partial charge in [0.2, 0.25) is 0 Å². The van der Waals surface area contributed by atoms with Crippen LogP contribution in [0.15, 0.2) is 88.6 Å². The number of nitrogens with one attached hydrogen (secondary N) is 2. The predicted molar refractivity (Wildman–Crippen MR) is 133 cm³/mol. The van der Waals surface area contributed by atoms with Gasteiger partial charge in [0, 0.05) is 11.9 Å². The Bertz CT molecular complexity index is 1470. The minimum atomic E-state index is -3.90. The summed E-state index contributed by atoms with van der Waals surface area (Å²) in [5.41, 5.74) is 0.147. The monoisotopic (exact) mass is 526 g/mol. The summed E-state index contributed by atoms with van der Waals surface area (Å²) in [6.45, 7) is 1.75. The maximum atomic E-state index is 13.1. The molecule has 0 saturated carbocycles. The number of amides is 2. The molecule has 12 heteroatoms. The van der Waals surface area contributed by atoms with Crippen molar-refractivity contribution in [3.8, 4) is 0 Å². The van der Waals surface area contributed by atoms with Gasteiger partial charge in [-0.05, 0) is 55.5 Å². The first-order valence-electron chi connectivity index (χ1n) is 10.6. The number of nitrogens with zero attached hydrogens (tertiary/aromatic N) is 2. The lowest BCUT2D eigenvalue weighted by molar-refractivity contribution is -0.120. The number of benzene rings is 2. The molecule has 0 aliphatic carbocycles. The van der Waals surface area contributed by atoms with Crippen molar-refractivity contribution in [2.75, 3.05) is 21.5 Å². The number of sulfonamides is 1. The third-order valence-electron chi connectivity index (χ3n) is 5.01. The smallest absolute Gasteiger partial charge is 0.340 e. The van der Waals surface area contributed by atoms with Crippen LogP contribution in [0.5, 0.6) is 0 Å². The predicted octanol–water partition coefficient (Wildman–Crippen LogP) is 3.49. The Morgan fingerprint density at radius 3 is 2.36 bits per heavy atom. The molecule has 36 heavy (non-hydrogen) atoms. The van der Waals surface area contributed by atoms with E-state index in [0.29, 0.717) is 5.69 Å². The van der Waals surface area contributed by atoms with E-state index in [-0.39, 0.29) is 39.3 Å². The number of pyridine rings is 1. The van der Waals surface area contributed by atoms with Crippen LogP contribution >= 0.6 is 11.6 Å². The topological polar surface area (TPSA) is 135 Å². The van der Waals surface area contributed by atoms with Crippen LogP contribution in [-0.4, -0.2) is 37.8 Å². The fraction of sp³-hybridized carbons (Fsp3) is 0.0833. The zero-order valence-corrected chi connectivity index (χ0v) is 20.3. The number of imide groups is 1. The number of para-hydroxylation sites is 1. The Kier molecular flexibility index (Phi) is 7.04. The number of halogens is 1. The average Bonchev–Trinajstić information content (AvgIpc) is 3.08. The van der Waals surface area contributed by atoms with E-state index < -0.39 is 27.8 Å². The molecule has 4 rings (SSSR count). The summed E-state index contributed by atoms with van der Waals surface area (Å²) in [4.78, 5) is 43.0. The molecule has 0 saturated heterocycles. The first-order chi connectivity index (χ1) is 17.2. The lowest BCUT2D eigenvalue weighted by Crippen LogP contribution is -2.33. The lowest BCUT2D eigenvalue weighted by atomic mass is 10.1. The number of aromatic nitrogens is 1. The minimum absolute atomic E-state index is 0.0294. The number of ether oxygens (including phenoxy) is 1. The lowest BCUT2D eigenvalue weighted by Gasteiger charge is -2.18. The summed E-state index contributed by atoms with van der Waals surface area (Å²) >= 11 is 6.18. The zero-order valence-electron chi connectivity index (χ0n) is 18.8. The molecule has 184 valence electrons. The van der Waals surface area contributed by atoms with Crippen LogP contribution in [0.2, 0.25) is 0 Å². The molecule has 3 aromatic rings. The highest BCUT2D eigenvalue weighted by Gasteiger charge is 2.40. The van der Waals surface area contributed by atoms with Crippen molar-refractivity contribution in [3.05, 3.63) is 89.2 Å². The van der Waals surface area contributed by atoms with E-state index in [4.69, 9.17) is 16.3 Å². The Morgan fingerprint density at radius 1 is 1.00 bits per heavy atom. The van der Waals surface area contributed by atoms with E-state index >= 15 is 0 Å². The Morgan fingerprint density at radius 2 is 1.69 bits per heavy atom. The molecule has 2 amide bonds. The van der Waals surface area contributed by atoms with E-state index in [9.17, 15) is 22.8 Å².